The van der Waals surface area contributed by atoms with Crippen molar-refractivity contribution in [2.75, 3.05) is 10.6 Å². The molecule has 0 unspecified atom stereocenters. The number of hydrogen-bond acceptors (Lipinski definition) is 5. The zero-order valence-electron chi connectivity index (χ0n) is 14.4. The molecule has 0 aliphatic heterocycles. The molecule has 0 aliphatic rings. The van der Waals surface area contributed by atoms with E-state index in [0.29, 0.717) is 17.2 Å². The SMILES string of the molecule is Cn1c(=O)c(Nc2ccc(C(=O)Nc3ncc[nH]3)cc2)nc2ccccc21. The Kier molecular flexibility index (Phi) is 4.13. The molecule has 0 saturated carbocycles. The third-order valence-electron chi connectivity index (χ3n) is 4.12. The van der Waals surface area contributed by atoms with Crippen molar-refractivity contribution in [1.29, 1.82) is 0 Å². The average molecular weight is 360 g/mol. The Morgan fingerprint density at radius 2 is 1.89 bits per heavy atom. The molecular weight excluding hydrogens is 344 g/mol. The van der Waals surface area contributed by atoms with Crippen LogP contribution in [0.2, 0.25) is 0 Å². The molecule has 134 valence electrons. The third kappa shape index (κ3) is 3.28. The average Bonchev–Trinajstić information content (AvgIpc) is 3.19. The second-order valence-corrected chi connectivity index (χ2v) is 5.91. The van der Waals surface area contributed by atoms with Gasteiger partial charge in [0.1, 0.15) is 0 Å². The lowest BCUT2D eigenvalue weighted by Gasteiger charge is -2.10. The Morgan fingerprint density at radius 3 is 2.63 bits per heavy atom. The number of aromatic amines is 1. The van der Waals surface area contributed by atoms with E-state index in [1.165, 1.54) is 0 Å². The fourth-order valence-electron chi connectivity index (χ4n) is 2.72. The summed E-state index contributed by atoms with van der Waals surface area (Å²) < 4.78 is 1.55. The Labute approximate surface area is 153 Å². The molecule has 4 aromatic rings. The zero-order chi connectivity index (χ0) is 18.8. The van der Waals surface area contributed by atoms with Crippen molar-refractivity contribution in [3.63, 3.8) is 0 Å². The van der Waals surface area contributed by atoms with Gasteiger partial charge in [-0.05, 0) is 36.4 Å². The van der Waals surface area contributed by atoms with Gasteiger partial charge in [-0.1, -0.05) is 12.1 Å². The largest absolute Gasteiger partial charge is 0.336 e. The molecular formula is C19H16N6O2. The van der Waals surface area contributed by atoms with Gasteiger partial charge in [0.05, 0.1) is 11.0 Å². The Bertz CT molecular complexity index is 1160. The molecule has 2 aromatic heterocycles. The monoisotopic (exact) mass is 360 g/mol. The van der Waals surface area contributed by atoms with Crippen LogP contribution in [0.1, 0.15) is 10.4 Å². The van der Waals surface area contributed by atoms with Crippen molar-refractivity contribution in [2.45, 2.75) is 0 Å². The second-order valence-electron chi connectivity index (χ2n) is 5.91. The van der Waals surface area contributed by atoms with E-state index >= 15 is 0 Å². The molecule has 4 rings (SSSR count). The number of aryl methyl sites for hydroxylation is 1. The van der Waals surface area contributed by atoms with E-state index in [0.717, 1.165) is 11.0 Å². The van der Waals surface area contributed by atoms with E-state index in [1.807, 2.05) is 24.3 Å². The van der Waals surface area contributed by atoms with Crippen molar-refractivity contribution in [3.05, 3.63) is 76.8 Å². The molecule has 0 bridgehead atoms. The fraction of sp³-hybridized carbons (Fsp3) is 0.0526. The smallest absolute Gasteiger partial charge is 0.293 e. The first kappa shape index (κ1) is 16.5. The van der Waals surface area contributed by atoms with E-state index < -0.39 is 0 Å². The number of fused-ring (bicyclic) bond motifs is 1. The van der Waals surface area contributed by atoms with E-state index in [-0.39, 0.29) is 17.3 Å². The van der Waals surface area contributed by atoms with E-state index in [4.69, 9.17) is 0 Å². The first-order valence-corrected chi connectivity index (χ1v) is 8.25. The van der Waals surface area contributed by atoms with Crippen LogP contribution in [-0.4, -0.2) is 25.4 Å². The molecule has 0 saturated heterocycles. The highest BCUT2D eigenvalue weighted by Gasteiger charge is 2.10. The first-order valence-electron chi connectivity index (χ1n) is 8.25. The van der Waals surface area contributed by atoms with Gasteiger partial charge < -0.3 is 14.9 Å². The zero-order valence-corrected chi connectivity index (χ0v) is 14.4. The van der Waals surface area contributed by atoms with Gasteiger partial charge >= 0.3 is 0 Å². The van der Waals surface area contributed by atoms with Crippen molar-refractivity contribution in [1.82, 2.24) is 19.5 Å². The number of para-hydroxylation sites is 2. The topological polar surface area (TPSA) is 105 Å². The van der Waals surface area contributed by atoms with Gasteiger partial charge in [0.2, 0.25) is 5.95 Å². The number of rotatable bonds is 4. The molecule has 0 spiro atoms. The van der Waals surface area contributed by atoms with Gasteiger partial charge in [-0.15, -0.1) is 0 Å². The minimum atomic E-state index is -0.281. The highest BCUT2D eigenvalue weighted by Crippen LogP contribution is 2.16. The predicted octanol–water partition coefficient (Wildman–Crippen LogP) is 2.65. The van der Waals surface area contributed by atoms with Gasteiger partial charge in [-0.3, -0.25) is 14.9 Å². The van der Waals surface area contributed by atoms with E-state index in [9.17, 15) is 9.59 Å². The van der Waals surface area contributed by atoms with Crippen LogP contribution < -0.4 is 16.2 Å². The van der Waals surface area contributed by atoms with Crippen molar-refractivity contribution >= 4 is 34.4 Å². The van der Waals surface area contributed by atoms with E-state index in [2.05, 4.69) is 25.6 Å². The lowest BCUT2D eigenvalue weighted by molar-refractivity contribution is 0.102. The Morgan fingerprint density at radius 1 is 1.11 bits per heavy atom. The van der Waals surface area contributed by atoms with Crippen LogP contribution in [0.3, 0.4) is 0 Å². The number of carbonyl (C=O) groups is 1. The number of H-pyrrole nitrogens is 1. The summed E-state index contributed by atoms with van der Waals surface area (Å²) in [7, 11) is 1.71. The molecule has 27 heavy (non-hydrogen) atoms. The molecule has 0 fully saturated rings. The maximum Gasteiger partial charge on any atom is 0.293 e. The number of nitrogens with zero attached hydrogens (tertiary/aromatic N) is 3. The Balaban J connectivity index is 1.57. The molecule has 0 atom stereocenters. The third-order valence-corrected chi connectivity index (χ3v) is 4.12. The minimum Gasteiger partial charge on any atom is -0.336 e. The fourth-order valence-corrected chi connectivity index (χ4v) is 2.72. The molecule has 8 nitrogen and oxygen atoms in total. The van der Waals surface area contributed by atoms with Crippen LogP contribution in [0.5, 0.6) is 0 Å². The number of imidazole rings is 1. The number of anilines is 3. The van der Waals surface area contributed by atoms with Gasteiger partial charge in [-0.2, -0.15) is 0 Å². The van der Waals surface area contributed by atoms with Crippen molar-refractivity contribution in [2.24, 2.45) is 7.05 Å². The highest BCUT2D eigenvalue weighted by atomic mass is 16.2. The summed E-state index contributed by atoms with van der Waals surface area (Å²) in [5.41, 5.74) is 2.38. The van der Waals surface area contributed by atoms with Gasteiger partial charge in [0.25, 0.3) is 11.5 Å². The number of nitrogens with one attached hydrogen (secondary N) is 3. The summed E-state index contributed by atoms with van der Waals surface area (Å²) >= 11 is 0. The number of benzene rings is 2. The molecule has 1 amide bonds. The predicted molar refractivity (Wildman–Crippen MR) is 103 cm³/mol. The van der Waals surface area contributed by atoms with Crippen LogP contribution in [0.25, 0.3) is 11.0 Å². The standard InChI is InChI=1S/C19H16N6O2/c1-25-15-5-3-2-4-14(15)23-16(18(25)27)22-13-8-6-12(7-9-13)17(26)24-19-20-10-11-21-19/h2-11H,1H3,(H,22,23)(H2,20,21,24,26). The number of amides is 1. The normalized spacial score (nSPS) is 10.7. The van der Waals surface area contributed by atoms with Gasteiger partial charge in [0.15, 0.2) is 5.82 Å². The van der Waals surface area contributed by atoms with Crippen LogP contribution in [0.4, 0.5) is 17.5 Å². The number of aromatic nitrogens is 4. The quantitative estimate of drug-likeness (QED) is 0.519. The summed E-state index contributed by atoms with van der Waals surface area (Å²) in [6.45, 7) is 0. The van der Waals surface area contributed by atoms with Gasteiger partial charge in [0, 0.05) is 30.7 Å². The Hall–Kier alpha value is -3.94. The number of hydrogen-bond donors (Lipinski definition) is 3. The summed E-state index contributed by atoms with van der Waals surface area (Å²) in [6, 6.07) is 14.2. The summed E-state index contributed by atoms with van der Waals surface area (Å²) in [4.78, 5) is 35.8. The van der Waals surface area contributed by atoms with Crippen LogP contribution in [0, 0.1) is 0 Å². The first-order chi connectivity index (χ1) is 13.1. The summed E-state index contributed by atoms with van der Waals surface area (Å²) in [6.07, 6.45) is 3.18. The number of carbonyl (C=O) groups excluding carboxylic acids is 1. The molecule has 0 radical (unpaired) electrons. The molecule has 2 heterocycles. The van der Waals surface area contributed by atoms with Crippen molar-refractivity contribution in [3.8, 4) is 0 Å². The lowest BCUT2D eigenvalue weighted by Crippen LogP contribution is -2.21. The molecule has 3 N–H and O–H groups in total. The highest BCUT2D eigenvalue weighted by molar-refractivity contribution is 6.03. The lowest BCUT2D eigenvalue weighted by atomic mass is 10.2. The summed E-state index contributed by atoms with van der Waals surface area (Å²) in [5, 5.41) is 5.67. The second kappa shape index (κ2) is 6.75. The van der Waals surface area contributed by atoms with Crippen LogP contribution in [-0.2, 0) is 7.05 Å². The van der Waals surface area contributed by atoms with Crippen molar-refractivity contribution < 1.29 is 4.79 Å². The summed E-state index contributed by atoms with van der Waals surface area (Å²) in [5.74, 6) is 0.325. The van der Waals surface area contributed by atoms with Crippen LogP contribution >= 0.6 is 0 Å². The van der Waals surface area contributed by atoms with Gasteiger partial charge in [-0.25, -0.2) is 9.97 Å². The minimum absolute atomic E-state index is 0.226. The van der Waals surface area contributed by atoms with Crippen LogP contribution in [0.15, 0.2) is 65.7 Å². The molecule has 0 aliphatic carbocycles. The molecule has 8 heteroatoms. The molecule has 2 aromatic carbocycles. The maximum atomic E-state index is 12.5. The van der Waals surface area contributed by atoms with E-state index in [1.54, 1.807) is 48.3 Å². The maximum absolute atomic E-state index is 12.5.